The third-order valence-electron chi connectivity index (χ3n) is 4.80. The van der Waals surface area contributed by atoms with Crippen LogP contribution in [0.15, 0.2) is 24.3 Å². The first-order chi connectivity index (χ1) is 11.1. The Kier molecular flexibility index (Phi) is 4.84. The zero-order valence-corrected chi connectivity index (χ0v) is 13.8. The van der Waals surface area contributed by atoms with Gasteiger partial charge in [-0.2, -0.15) is 0 Å². The number of nitrogens with zero attached hydrogens (tertiary/aromatic N) is 2. The smallest absolute Gasteiger partial charge is 0.253 e. The highest BCUT2D eigenvalue weighted by Gasteiger charge is 2.25. The highest BCUT2D eigenvalue weighted by atomic mass is 16.2. The van der Waals surface area contributed by atoms with E-state index in [4.69, 9.17) is 0 Å². The molecule has 0 radical (unpaired) electrons. The van der Waals surface area contributed by atoms with Crippen molar-refractivity contribution in [2.45, 2.75) is 38.6 Å². The second kappa shape index (κ2) is 7.02. The van der Waals surface area contributed by atoms with E-state index in [1.165, 1.54) is 12.8 Å². The van der Waals surface area contributed by atoms with Gasteiger partial charge in [-0.05, 0) is 37.8 Å². The number of para-hydroxylation sites is 1. The quantitative estimate of drug-likeness (QED) is 0.928. The molecule has 1 unspecified atom stereocenters. The molecule has 0 aliphatic carbocycles. The summed E-state index contributed by atoms with van der Waals surface area (Å²) in [6, 6.07) is 7.88. The molecule has 1 aromatic rings. The summed E-state index contributed by atoms with van der Waals surface area (Å²) in [5, 5.41) is 3.12. The molecular weight excluding hydrogens is 290 g/mol. The molecule has 23 heavy (non-hydrogen) atoms. The predicted molar refractivity (Wildman–Crippen MR) is 90.6 cm³/mol. The van der Waals surface area contributed by atoms with E-state index in [1.807, 2.05) is 29.2 Å². The number of rotatable bonds is 3. The number of carbonyl (C=O) groups is 2. The molecule has 2 saturated heterocycles. The van der Waals surface area contributed by atoms with Gasteiger partial charge in [-0.25, -0.2) is 0 Å². The first kappa shape index (κ1) is 15.8. The summed E-state index contributed by atoms with van der Waals surface area (Å²) in [6.07, 6.45) is 4.25. The van der Waals surface area contributed by atoms with E-state index in [0.717, 1.165) is 43.7 Å². The molecule has 2 aliphatic heterocycles. The molecule has 1 N–H and O–H groups in total. The molecule has 0 saturated carbocycles. The van der Waals surface area contributed by atoms with Crippen molar-refractivity contribution in [3.8, 4) is 0 Å². The monoisotopic (exact) mass is 315 g/mol. The second-order valence-corrected chi connectivity index (χ2v) is 6.49. The predicted octanol–water partition coefficient (Wildman–Crippen LogP) is 2.03. The van der Waals surface area contributed by atoms with Gasteiger partial charge in [0.05, 0.1) is 5.56 Å². The Morgan fingerprint density at radius 3 is 2.57 bits per heavy atom. The normalized spacial score (nSPS) is 21.3. The van der Waals surface area contributed by atoms with Gasteiger partial charge in [0.2, 0.25) is 5.91 Å². The van der Waals surface area contributed by atoms with Gasteiger partial charge < -0.3 is 15.1 Å². The molecule has 2 aliphatic rings. The molecule has 0 aromatic heterocycles. The van der Waals surface area contributed by atoms with Gasteiger partial charge >= 0.3 is 0 Å². The van der Waals surface area contributed by atoms with E-state index in [9.17, 15) is 9.59 Å². The molecule has 1 atom stereocenters. The maximum Gasteiger partial charge on any atom is 0.253 e. The fraction of sp³-hybridized carbons (Fsp3) is 0.556. The number of amides is 2. The van der Waals surface area contributed by atoms with Crippen LogP contribution >= 0.6 is 0 Å². The Hall–Kier alpha value is -2.04. The van der Waals surface area contributed by atoms with Crippen LogP contribution in [0.1, 0.15) is 43.0 Å². The Bertz CT molecular complexity index is 581. The Balaban J connectivity index is 1.70. The Morgan fingerprint density at radius 1 is 1.09 bits per heavy atom. The number of hydrogen-bond acceptors (Lipinski definition) is 3. The van der Waals surface area contributed by atoms with Crippen LogP contribution in [0.2, 0.25) is 0 Å². The standard InChI is InChI=1S/C18H25N3O2/c1-14(22)21-12-6-7-15(13-21)19-18(23)16-8-2-3-9-17(16)20-10-4-5-11-20/h2-3,8-9,15H,4-7,10-13H2,1H3,(H,19,23). The molecule has 5 nitrogen and oxygen atoms in total. The minimum atomic E-state index is -0.0251. The van der Waals surface area contributed by atoms with Crippen LogP contribution in [-0.2, 0) is 4.79 Å². The summed E-state index contributed by atoms with van der Waals surface area (Å²) in [6.45, 7) is 5.05. The van der Waals surface area contributed by atoms with Gasteiger partial charge in [-0.3, -0.25) is 9.59 Å². The van der Waals surface area contributed by atoms with Crippen LogP contribution < -0.4 is 10.2 Å². The molecule has 0 bridgehead atoms. The fourth-order valence-corrected chi connectivity index (χ4v) is 3.54. The first-order valence-corrected chi connectivity index (χ1v) is 8.55. The number of carbonyl (C=O) groups excluding carboxylic acids is 2. The molecule has 124 valence electrons. The zero-order valence-electron chi connectivity index (χ0n) is 13.8. The summed E-state index contributed by atoms with van der Waals surface area (Å²) in [7, 11) is 0. The maximum absolute atomic E-state index is 12.7. The van der Waals surface area contributed by atoms with E-state index in [2.05, 4.69) is 10.2 Å². The van der Waals surface area contributed by atoms with Crippen molar-refractivity contribution >= 4 is 17.5 Å². The van der Waals surface area contributed by atoms with Gasteiger partial charge in [-0.15, -0.1) is 0 Å². The van der Waals surface area contributed by atoms with Crippen molar-refractivity contribution in [3.63, 3.8) is 0 Å². The van der Waals surface area contributed by atoms with Gasteiger partial charge in [0.15, 0.2) is 0 Å². The van der Waals surface area contributed by atoms with Crippen molar-refractivity contribution < 1.29 is 9.59 Å². The van der Waals surface area contributed by atoms with Crippen molar-refractivity contribution in [2.75, 3.05) is 31.1 Å². The molecular formula is C18H25N3O2. The van der Waals surface area contributed by atoms with Crippen molar-refractivity contribution in [1.82, 2.24) is 10.2 Å². The average molecular weight is 315 g/mol. The van der Waals surface area contributed by atoms with Crippen LogP contribution in [0.4, 0.5) is 5.69 Å². The van der Waals surface area contributed by atoms with Gasteiger partial charge in [0, 0.05) is 44.8 Å². The number of nitrogens with one attached hydrogen (secondary N) is 1. The molecule has 3 rings (SSSR count). The van der Waals surface area contributed by atoms with Crippen molar-refractivity contribution in [2.24, 2.45) is 0 Å². The fourth-order valence-electron chi connectivity index (χ4n) is 3.54. The summed E-state index contributed by atoms with van der Waals surface area (Å²) in [5.41, 5.74) is 1.77. The highest BCUT2D eigenvalue weighted by Crippen LogP contribution is 2.24. The number of likely N-dealkylation sites (tertiary alicyclic amines) is 1. The average Bonchev–Trinajstić information content (AvgIpc) is 3.09. The SMILES string of the molecule is CC(=O)N1CCCC(NC(=O)c2ccccc2N2CCCC2)C1. The number of piperidine rings is 1. The van der Waals surface area contributed by atoms with Crippen LogP contribution in [0.25, 0.3) is 0 Å². The number of hydrogen-bond donors (Lipinski definition) is 1. The van der Waals surface area contributed by atoms with Gasteiger partial charge in [0.1, 0.15) is 0 Å². The molecule has 0 spiro atoms. The summed E-state index contributed by atoms with van der Waals surface area (Å²) in [4.78, 5) is 28.4. The van der Waals surface area contributed by atoms with Gasteiger partial charge in [0.25, 0.3) is 5.91 Å². The molecule has 5 heteroatoms. The molecule has 2 fully saturated rings. The van der Waals surface area contributed by atoms with E-state index in [1.54, 1.807) is 6.92 Å². The van der Waals surface area contributed by atoms with E-state index >= 15 is 0 Å². The zero-order chi connectivity index (χ0) is 16.2. The number of benzene rings is 1. The van der Waals surface area contributed by atoms with E-state index in [-0.39, 0.29) is 17.9 Å². The first-order valence-electron chi connectivity index (χ1n) is 8.55. The lowest BCUT2D eigenvalue weighted by molar-refractivity contribution is -0.130. The summed E-state index contributed by atoms with van der Waals surface area (Å²) >= 11 is 0. The summed E-state index contributed by atoms with van der Waals surface area (Å²) < 4.78 is 0. The summed E-state index contributed by atoms with van der Waals surface area (Å²) in [5.74, 6) is 0.0596. The maximum atomic E-state index is 12.7. The minimum absolute atomic E-state index is 0.0251. The molecule has 1 aromatic carbocycles. The lowest BCUT2D eigenvalue weighted by atomic mass is 10.0. The Labute approximate surface area is 137 Å². The lowest BCUT2D eigenvalue weighted by Crippen LogP contribution is -2.49. The third-order valence-corrected chi connectivity index (χ3v) is 4.80. The second-order valence-electron chi connectivity index (χ2n) is 6.49. The van der Waals surface area contributed by atoms with Crippen LogP contribution in [-0.4, -0.2) is 48.9 Å². The third kappa shape index (κ3) is 3.66. The molecule has 2 heterocycles. The van der Waals surface area contributed by atoms with Crippen LogP contribution in [0.3, 0.4) is 0 Å². The van der Waals surface area contributed by atoms with Crippen molar-refractivity contribution in [1.29, 1.82) is 0 Å². The topological polar surface area (TPSA) is 52.7 Å². The highest BCUT2D eigenvalue weighted by molar-refractivity contribution is 6.00. The van der Waals surface area contributed by atoms with Crippen LogP contribution in [0, 0.1) is 0 Å². The lowest BCUT2D eigenvalue weighted by Gasteiger charge is -2.32. The largest absolute Gasteiger partial charge is 0.371 e. The molecule has 2 amide bonds. The minimum Gasteiger partial charge on any atom is -0.371 e. The van der Waals surface area contributed by atoms with Gasteiger partial charge in [-0.1, -0.05) is 12.1 Å². The number of anilines is 1. The van der Waals surface area contributed by atoms with Crippen molar-refractivity contribution in [3.05, 3.63) is 29.8 Å². The van der Waals surface area contributed by atoms with E-state index < -0.39 is 0 Å². The van der Waals surface area contributed by atoms with E-state index in [0.29, 0.717) is 6.54 Å². The Morgan fingerprint density at radius 2 is 1.83 bits per heavy atom. The van der Waals surface area contributed by atoms with Crippen LogP contribution in [0.5, 0.6) is 0 Å².